The van der Waals surface area contributed by atoms with Gasteiger partial charge in [-0.25, -0.2) is 0 Å². The van der Waals surface area contributed by atoms with Gasteiger partial charge in [0.05, 0.1) is 0 Å². The maximum Gasteiger partial charge on any atom is 0.391 e. The quantitative estimate of drug-likeness (QED) is 0.459. The normalized spacial score (nSPS) is 21.7. The van der Waals surface area contributed by atoms with Crippen molar-refractivity contribution in [1.29, 1.82) is 0 Å². The third-order valence-corrected chi connectivity index (χ3v) is 6.99. The molecule has 1 heterocycles. The molecule has 1 N–H and O–H groups in total. The van der Waals surface area contributed by atoms with Gasteiger partial charge in [-0.05, 0) is 41.7 Å². The molecule has 1 aliphatic rings. The summed E-state index contributed by atoms with van der Waals surface area (Å²) in [7, 11) is 0. The minimum atomic E-state index is -1.32. The maximum atomic E-state index is 9.34. The third kappa shape index (κ3) is 4.31. The molecule has 1 aliphatic heterocycles. The summed E-state index contributed by atoms with van der Waals surface area (Å²) in [5, 5.41) is 9.34. The van der Waals surface area contributed by atoms with Crippen molar-refractivity contribution in [3.8, 4) is 16.9 Å². The lowest BCUT2D eigenvalue weighted by Crippen LogP contribution is -2.31. The molecule has 0 aromatic heterocycles. The van der Waals surface area contributed by atoms with Gasteiger partial charge in [-0.15, -0.1) is 0 Å². The van der Waals surface area contributed by atoms with Crippen LogP contribution in [-0.2, 0) is 15.3 Å². The van der Waals surface area contributed by atoms with Crippen molar-refractivity contribution in [2.24, 2.45) is 5.92 Å². The zero-order valence-electron chi connectivity index (χ0n) is 12.2. The molecule has 0 unspecified atom stereocenters. The molecule has 0 atom stereocenters. The van der Waals surface area contributed by atoms with Gasteiger partial charge in [-0.3, -0.25) is 0 Å². The second kappa shape index (κ2) is 7.59. The largest absolute Gasteiger partial charge is 0.508 e. The zero-order valence-corrected chi connectivity index (χ0v) is 15.6. The molecule has 3 nitrogen and oxygen atoms in total. The molecule has 2 aromatic rings. The molecule has 3 rings (SSSR count). The molecular formula is C17H19IO3Si. The molecular weight excluding hydrogens is 407 g/mol. The van der Waals surface area contributed by atoms with Gasteiger partial charge in [-0.2, -0.15) is 0 Å². The molecule has 1 saturated heterocycles. The Morgan fingerprint density at radius 2 is 1.50 bits per heavy atom. The third-order valence-electron chi connectivity index (χ3n) is 3.92. The van der Waals surface area contributed by atoms with E-state index in [0.717, 1.165) is 31.6 Å². The number of phenols is 1. The number of halogens is 1. The summed E-state index contributed by atoms with van der Waals surface area (Å²) in [5.41, 5.74) is 3.64. The van der Waals surface area contributed by atoms with Gasteiger partial charge >= 0.3 is 6.78 Å². The van der Waals surface area contributed by atoms with Crippen LogP contribution in [0.25, 0.3) is 11.1 Å². The first kappa shape index (κ1) is 16.0. The number of aromatic hydroxyl groups is 1. The molecule has 22 heavy (non-hydrogen) atoms. The van der Waals surface area contributed by atoms with Crippen LogP contribution in [-0.4, -0.2) is 25.1 Å². The summed E-state index contributed by atoms with van der Waals surface area (Å²) in [4.78, 5) is 0. The second-order valence-electron chi connectivity index (χ2n) is 5.59. The molecule has 0 spiro atoms. The fourth-order valence-corrected chi connectivity index (χ4v) is 4.76. The highest BCUT2D eigenvalue weighted by atomic mass is 127. The summed E-state index contributed by atoms with van der Waals surface area (Å²) in [6.07, 6.45) is 2.16. The predicted octanol–water partition coefficient (Wildman–Crippen LogP) is 3.81. The molecule has 5 heteroatoms. The van der Waals surface area contributed by atoms with E-state index in [1.807, 2.05) is 12.1 Å². The number of phenolic OH excluding ortho intramolecular Hbond substituents is 1. The summed E-state index contributed by atoms with van der Waals surface area (Å²) in [6, 6.07) is 16.0. The van der Waals surface area contributed by atoms with Crippen LogP contribution in [0.2, 0.25) is 0 Å². The lowest BCUT2D eigenvalue weighted by Gasteiger charge is -2.25. The van der Waals surface area contributed by atoms with E-state index in [-0.39, 0.29) is 0 Å². The van der Waals surface area contributed by atoms with E-state index in [4.69, 9.17) is 8.85 Å². The topological polar surface area (TPSA) is 38.7 Å². The second-order valence-corrected chi connectivity index (χ2v) is 9.86. The molecule has 116 valence electrons. The van der Waals surface area contributed by atoms with E-state index in [1.165, 1.54) is 11.1 Å². The molecule has 0 amide bonds. The Balaban J connectivity index is 1.56. The summed E-state index contributed by atoms with van der Waals surface area (Å²) < 4.78 is 11.3. The van der Waals surface area contributed by atoms with E-state index in [1.54, 1.807) is 12.1 Å². The van der Waals surface area contributed by atoms with Gasteiger partial charge < -0.3 is 14.0 Å². The van der Waals surface area contributed by atoms with Crippen molar-refractivity contribution in [2.45, 2.75) is 12.8 Å². The molecule has 0 saturated carbocycles. The molecule has 0 radical (unpaired) electrons. The first-order chi connectivity index (χ1) is 10.7. The number of rotatable bonds is 4. The van der Waals surface area contributed by atoms with Crippen molar-refractivity contribution in [2.75, 3.05) is 13.2 Å². The van der Waals surface area contributed by atoms with E-state index >= 15 is 0 Å². The summed E-state index contributed by atoms with van der Waals surface area (Å²) in [6.45, 7) is 0.380. The molecule has 0 aliphatic carbocycles. The summed E-state index contributed by atoms with van der Waals surface area (Å²) in [5.74, 6) is 0.824. The highest BCUT2D eigenvalue weighted by molar-refractivity contribution is 14.1. The van der Waals surface area contributed by atoms with Crippen molar-refractivity contribution in [3.63, 3.8) is 0 Å². The molecule has 0 bridgehead atoms. The Kier molecular flexibility index (Phi) is 5.51. The van der Waals surface area contributed by atoms with Crippen LogP contribution in [0.4, 0.5) is 0 Å². The van der Waals surface area contributed by atoms with Crippen LogP contribution in [0, 0.1) is 5.92 Å². The average Bonchev–Trinajstić information content (AvgIpc) is 2.56. The highest BCUT2D eigenvalue weighted by Gasteiger charge is 2.21. The average molecular weight is 426 g/mol. The van der Waals surface area contributed by atoms with Gasteiger partial charge in [0.15, 0.2) is 0 Å². The smallest absolute Gasteiger partial charge is 0.391 e. The van der Waals surface area contributed by atoms with Crippen LogP contribution in [0.1, 0.15) is 12.0 Å². The Labute approximate surface area is 145 Å². The van der Waals surface area contributed by atoms with Crippen LogP contribution in [0.5, 0.6) is 5.75 Å². The van der Waals surface area contributed by atoms with Crippen molar-refractivity contribution in [1.82, 2.24) is 0 Å². The number of aryl methyl sites for hydroxylation is 1. The zero-order chi connectivity index (χ0) is 15.4. The highest BCUT2D eigenvalue weighted by Crippen LogP contribution is 2.23. The monoisotopic (exact) mass is 426 g/mol. The van der Waals surface area contributed by atoms with Crippen molar-refractivity contribution in [3.05, 3.63) is 54.1 Å². The van der Waals surface area contributed by atoms with Crippen molar-refractivity contribution < 1.29 is 14.0 Å². The first-order valence-corrected chi connectivity index (χ1v) is 12.6. The number of hydrogen-bond donors (Lipinski definition) is 1. The minimum absolute atomic E-state index is 0.300. The van der Waals surface area contributed by atoms with E-state index in [0.29, 0.717) is 11.7 Å². The Bertz CT molecular complexity index is 592. The van der Waals surface area contributed by atoms with Gasteiger partial charge in [-0.1, -0.05) is 58.2 Å². The molecule has 2 aromatic carbocycles. The van der Waals surface area contributed by atoms with Crippen LogP contribution >= 0.6 is 21.8 Å². The van der Waals surface area contributed by atoms with Crippen LogP contribution in [0.15, 0.2) is 48.5 Å². The lowest BCUT2D eigenvalue weighted by molar-refractivity contribution is 0.0905. The SMILES string of the molecule is Oc1ccc(-c2ccc(CCC3CO[SiH](I)OC3)cc2)cc1. The number of hydrogen-bond acceptors (Lipinski definition) is 3. The predicted molar refractivity (Wildman–Crippen MR) is 98.4 cm³/mol. The Morgan fingerprint density at radius 1 is 0.955 bits per heavy atom. The van der Waals surface area contributed by atoms with E-state index < -0.39 is 6.78 Å². The fraction of sp³-hybridized carbons (Fsp3) is 0.294. The Hall–Kier alpha value is -0.893. The molecule has 1 fully saturated rings. The Morgan fingerprint density at radius 3 is 2.09 bits per heavy atom. The van der Waals surface area contributed by atoms with Gasteiger partial charge in [0.2, 0.25) is 0 Å². The summed E-state index contributed by atoms with van der Waals surface area (Å²) >= 11 is 2.30. The van der Waals surface area contributed by atoms with Crippen LogP contribution in [0.3, 0.4) is 0 Å². The van der Waals surface area contributed by atoms with Crippen LogP contribution < -0.4 is 0 Å². The lowest BCUT2D eigenvalue weighted by atomic mass is 9.98. The van der Waals surface area contributed by atoms with E-state index in [2.05, 4.69) is 46.1 Å². The van der Waals surface area contributed by atoms with Crippen molar-refractivity contribution >= 4 is 28.6 Å². The first-order valence-electron chi connectivity index (χ1n) is 7.46. The van der Waals surface area contributed by atoms with E-state index in [9.17, 15) is 5.11 Å². The maximum absolute atomic E-state index is 9.34. The van der Waals surface area contributed by atoms with Gasteiger partial charge in [0, 0.05) is 19.1 Å². The number of benzene rings is 2. The van der Waals surface area contributed by atoms with Gasteiger partial charge in [0.25, 0.3) is 0 Å². The fourth-order valence-electron chi connectivity index (χ4n) is 2.57. The van der Waals surface area contributed by atoms with Gasteiger partial charge in [0.1, 0.15) is 5.75 Å². The minimum Gasteiger partial charge on any atom is -0.508 e. The standard InChI is InChI=1S/C17H19IO3Si/c18-22-20-11-14(12-21-22)2-1-13-3-5-15(6-4-13)16-7-9-17(19)10-8-16/h3-10,14,19,22H,1-2,11-12H2.